The van der Waals surface area contributed by atoms with Gasteiger partial charge in [-0.2, -0.15) is 0 Å². The van der Waals surface area contributed by atoms with Crippen molar-refractivity contribution in [2.45, 2.75) is 0 Å². The minimum absolute atomic E-state index is 0.610. The van der Waals surface area contributed by atoms with E-state index in [9.17, 15) is 0 Å². The minimum atomic E-state index is 0.610. The van der Waals surface area contributed by atoms with Gasteiger partial charge in [0.2, 0.25) is 5.95 Å². The first kappa shape index (κ1) is 23.0. The molecule has 0 fully saturated rings. The molecule has 196 valence electrons. The Labute approximate surface area is 241 Å². The van der Waals surface area contributed by atoms with Crippen LogP contribution < -0.4 is 0 Å². The molecule has 0 spiro atoms. The molecule has 42 heavy (non-hydrogen) atoms. The molecule has 3 aromatic heterocycles. The molecule has 0 saturated heterocycles. The van der Waals surface area contributed by atoms with Crippen LogP contribution in [0.2, 0.25) is 0 Å². The van der Waals surface area contributed by atoms with Gasteiger partial charge in [-0.15, -0.1) is 0 Å². The van der Waals surface area contributed by atoms with Crippen molar-refractivity contribution in [3.63, 3.8) is 0 Å². The molecule has 0 radical (unpaired) electrons. The third-order valence-electron chi connectivity index (χ3n) is 8.20. The summed E-state index contributed by atoms with van der Waals surface area (Å²) in [5.74, 6) is 0.610. The molecule has 0 aliphatic heterocycles. The van der Waals surface area contributed by atoms with Crippen molar-refractivity contribution < 1.29 is 4.42 Å². The number of benzene rings is 6. The average Bonchev–Trinajstić information content (AvgIpc) is 3.62. The van der Waals surface area contributed by atoms with E-state index in [2.05, 4.69) is 95.6 Å². The number of rotatable bonds is 3. The predicted octanol–water partition coefficient (Wildman–Crippen LogP) is 9.96. The quantitative estimate of drug-likeness (QED) is 0.225. The van der Waals surface area contributed by atoms with E-state index in [-0.39, 0.29) is 0 Å². The van der Waals surface area contributed by atoms with Crippen LogP contribution in [-0.2, 0) is 0 Å². The van der Waals surface area contributed by atoms with Gasteiger partial charge in [-0.1, -0.05) is 121 Å². The first-order valence-corrected chi connectivity index (χ1v) is 14.1. The highest BCUT2D eigenvalue weighted by Gasteiger charge is 2.24. The summed E-state index contributed by atoms with van der Waals surface area (Å²) in [6, 6.07) is 48.1. The van der Waals surface area contributed by atoms with E-state index in [1.165, 1.54) is 10.8 Å². The monoisotopic (exact) mass is 537 g/mol. The smallest absolute Gasteiger partial charge is 0.235 e. The number of hydrogen-bond acceptors (Lipinski definition) is 3. The van der Waals surface area contributed by atoms with Gasteiger partial charge < -0.3 is 4.42 Å². The molecule has 9 rings (SSSR count). The van der Waals surface area contributed by atoms with Crippen LogP contribution in [0.15, 0.2) is 144 Å². The van der Waals surface area contributed by atoms with E-state index in [4.69, 9.17) is 14.4 Å². The number of fused-ring (bicyclic) bond motifs is 10. The largest absolute Gasteiger partial charge is 0.454 e. The molecule has 0 atom stereocenters. The van der Waals surface area contributed by atoms with Crippen LogP contribution in [0.4, 0.5) is 0 Å². The number of furan rings is 1. The fourth-order valence-electron chi connectivity index (χ4n) is 6.38. The van der Waals surface area contributed by atoms with Crippen LogP contribution in [0.5, 0.6) is 0 Å². The Morgan fingerprint density at radius 3 is 1.67 bits per heavy atom. The van der Waals surface area contributed by atoms with E-state index in [0.29, 0.717) is 5.95 Å². The highest BCUT2D eigenvalue weighted by molar-refractivity contribution is 6.34. The van der Waals surface area contributed by atoms with Crippen molar-refractivity contribution in [3.8, 4) is 28.5 Å². The van der Waals surface area contributed by atoms with Gasteiger partial charge in [0.1, 0.15) is 11.1 Å². The lowest BCUT2D eigenvalue weighted by atomic mass is 9.99. The van der Waals surface area contributed by atoms with Gasteiger partial charge in [0.05, 0.1) is 16.9 Å². The normalized spacial score (nSPS) is 11.8. The van der Waals surface area contributed by atoms with Gasteiger partial charge in [0, 0.05) is 32.7 Å². The Kier molecular flexibility index (Phi) is 4.87. The number of hydrogen-bond donors (Lipinski definition) is 0. The van der Waals surface area contributed by atoms with Gasteiger partial charge in [-0.05, 0) is 29.0 Å². The van der Waals surface area contributed by atoms with Gasteiger partial charge in [-0.3, -0.25) is 4.57 Å². The first-order chi connectivity index (χ1) is 20.8. The molecule has 0 aliphatic carbocycles. The molecule has 0 amide bonds. The predicted molar refractivity (Wildman–Crippen MR) is 172 cm³/mol. The average molecular weight is 538 g/mol. The van der Waals surface area contributed by atoms with Crippen LogP contribution in [0.25, 0.3) is 83.0 Å². The highest BCUT2D eigenvalue weighted by Crippen LogP contribution is 2.45. The van der Waals surface area contributed by atoms with Crippen LogP contribution >= 0.6 is 0 Å². The van der Waals surface area contributed by atoms with Crippen molar-refractivity contribution in [1.29, 1.82) is 0 Å². The van der Waals surface area contributed by atoms with Gasteiger partial charge in [0.25, 0.3) is 0 Å². The van der Waals surface area contributed by atoms with E-state index >= 15 is 0 Å². The molecule has 0 saturated carbocycles. The maximum atomic E-state index is 6.72. The van der Waals surface area contributed by atoms with Crippen LogP contribution in [0.1, 0.15) is 0 Å². The number of para-hydroxylation sites is 2. The Balaban J connectivity index is 1.50. The Bertz CT molecular complexity index is 2400. The number of nitrogens with zero attached hydrogens (tertiary/aromatic N) is 3. The summed E-state index contributed by atoms with van der Waals surface area (Å²) in [5, 5.41) is 6.86. The molecular formula is C38H23N3O. The molecule has 9 aromatic rings. The summed E-state index contributed by atoms with van der Waals surface area (Å²) >= 11 is 0. The molecule has 0 unspecified atom stereocenters. The van der Waals surface area contributed by atoms with Crippen molar-refractivity contribution in [3.05, 3.63) is 140 Å². The standard InChI is InChI=1S/C38H23N3O/c1-3-13-24(14-4-1)30-23-31(25-15-5-2-6-16-25)40-38(39-30)41-32-21-11-9-19-28(32)34-26-17-7-8-18-27(26)35-29-20-10-12-22-33(29)42-37(35)36(34)41/h1-23H. The third-order valence-corrected chi connectivity index (χ3v) is 8.20. The Morgan fingerprint density at radius 1 is 0.476 bits per heavy atom. The first-order valence-electron chi connectivity index (χ1n) is 14.1. The minimum Gasteiger partial charge on any atom is -0.454 e. The fourth-order valence-corrected chi connectivity index (χ4v) is 6.38. The molecule has 0 aliphatic rings. The maximum absolute atomic E-state index is 6.72. The third kappa shape index (κ3) is 3.29. The second-order valence-electron chi connectivity index (χ2n) is 10.6. The maximum Gasteiger partial charge on any atom is 0.235 e. The summed E-state index contributed by atoms with van der Waals surface area (Å²) in [4.78, 5) is 10.4. The fraction of sp³-hybridized carbons (Fsp3) is 0. The van der Waals surface area contributed by atoms with Crippen molar-refractivity contribution in [1.82, 2.24) is 14.5 Å². The molecule has 0 N–H and O–H groups in total. The van der Waals surface area contributed by atoms with E-state index in [1.807, 2.05) is 48.5 Å². The van der Waals surface area contributed by atoms with E-state index < -0.39 is 0 Å². The topological polar surface area (TPSA) is 43.9 Å². The second kappa shape index (κ2) is 8.88. The highest BCUT2D eigenvalue weighted by atomic mass is 16.3. The summed E-state index contributed by atoms with van der Waals surface area (Å²) in [6.45, 7) is 0. The molecule has 4 nitrogen and oxygen atoms in total. The van der Waals surface area contributed by atoms with Crippen LogP contribution in [0.3, 0.4) is 0 Å². The summed E-state index contributed by atoms with van der Waals surface area (Å²) in [6.07, 6.45) is 0. The molecule has 3 heterocycles. The van der Waals surface area contributed by atoms with Crippen molar-refractivity contribution >= 4 is 54.5 Å². The summed E-state index contributed by atoms with van der Waals surface area (Å²) in [5.41, 5.74) is 7.54. The van der Waals surface area contributed by atoms with Gasteiger partial charge in [0.15, 0.2) is 5.58 Å². The molecule has 4 heteroatoms. The van der Waals surface area contributed by atoms with E-state index in [1.54, 1.807) is 0 Å². The Morgan fingerprint density at radius 2 is 1.00 bits per heavy atom. The molecule has 0 bridgehead atoms. The zero-order valence-electron chi connectivity index (χ0n) is 22.5. The van der Waals surface area contributed by atoms with Crippen LogP contribution in [0, 0.1) is 0 Å². The van der Waals surface area contributed by atoms with Crippen molar-refractivity contribution in [2.24, 2.45) is 0 Å². The molecule has 6 aromatic carbocycles. The lowest BCUT2D eigenvalue weighted by molar-refractivity contribution is 0.671. The van der Waals surface area contributed by atoms with Gasteiger partial charge >= 0.3 is 0 Å². The summed E-state index contributed by atoms with van der Waals surface area (Å²) in [7, 11) is 0. The Hall–Kier alpha value is -5.74. The SMILES string of the molecule is c1ccc(-c2cc(-c3ccccc3)nc(-n3c4ccccc4c4c5ccccc5c5c6ccccc6oc5c43)n2)cc1. The van der Waals surface area contributed by atoms with Crippen molar-refractivity contribution in [2.75, 3.05) is 0 Å². The van der Waals surface area contributed by atoms with E-state index in [0.717, 1.165) is 66.3 Å². The lowest BCUT2D eigenvalue weighted by Gasteiger charge is -2.12. The zero-order chi connectivity index (χ0) is 27.6. The number of aromatic nitrogens is 3. The van der Waals surface area contributed by atoms with Crippen LogP contribution in [-0.4, -0.2) is 14.5 Å². The zero-order valence-corrected chi connectivity index (χ0v) is 22.5. The lowest BCUT2D eigenvalue weighted by Crippen LogP contribution is -2.04. The van der Waals surface area contributed by atoms with Gasteiger partial charge in [-0.25, -0.2) is 9.97 Å². The summed E-state index contributed by atoms with van der Waals surface area (Å²) < 4.78 is 8.91. The molecular weight excluding hydrogens is 514 g/mol. The second-order valence-corrected chi connectivity index (χ2v) is 10.6.